The van der Waals surface area contributed by atoms with Crippen molar-refractivity contribution in [1.29, 1.82) is 0 Å². The third-order valence-corrected chi connectivity index (χ3v) is 5.42. The first kappa shape index (κ1) is 22.1. The van der Waals surface area contributed by atoms with Gasteiger partial charge in [-0.05, 0) is 29.3 Å². The molecule has 2 amide bonds. The second-order valence-electron chi connectivity index (χ2n) is 6.92. The zero-order valence-corrected chi connectivity index (χ0v) is 17.7. The molecule has 0 aromatic heterocycles. The second kappa shape index (κ2) is 11.0. The summed E-state index contributed by atoms with van der Waals surface area (Å²) in [5.74, 6) is -0.596. The molecule has 2 aromatic rings. The summed E-state index contributed by atoms with van der Waals surface area (Å²) < 4.78 is 10.7. The maximum absolute atomic E-state index is 12.3. The summed E-state index contributed by atoms with van der Waals surface area (Å²) in [6, 6.07) is 14.8. The van der Waals surface area contributed by atoms with Crippen molar-refractivity contribution in [2.24, 2.45) is 0 Å². The summed E-state index contributed by atoms with van der Waals surface area (Å²) in [7, 11) is 1.62. The van der Waals surface area contributed by atoms with E-state index in [0.717, 1.165) is 30.0 Å². The number of nitrogens with one attached hydrogen (secondary N) is 2. The molecule has 30 heavy (non-hydrogen) atoms. The molecule has 0 bridgehead atoms. The molecule has 0 spiro atoms. The fraction of sp³-hybridized carbons (Fsp3) is 0.364. The molecule has 2 aromatic carbocycles. The number of carbonyl (C=O) groups excluding carboxylic acids is 2. The molecule has 1 atom stereocenters. The monoisotopic (exact) mass is 431 g/mol. The maximum atomic E-state index is 12.3. The van der Waals surface area contributed by atoms with Crippen molar-refractivity contribution in [2.75, 3.05) is 40.0 Å². The van der Waals surface area contributed by atoms with Crippen LogP contribution in [0.4, 0.5) is 0 Å². The number of nitrogens with zero attached hydrogens (tertiary/aromatic N) is 1. The summed E-state index contributed by atoms with van der Waals surface area (Å²) in [6.07, 6.45) is 0. The molecule has 0 saturated carbocycles. The molecule has 3 rings (SSSR count). The van der Waals surface area contributed by atoms with Crippen molar-refractivity contribution in [1.82, 2.24) is 15.5 Å². The van der Waals surface area contributed by atoms with Gasteiger partial charge in [0.25, 0.3) is 0 Å². The van der Waals surface area contributed by atoms with E-state index >= 15 is 0 Å². The summed E-state index contributed by atoms with van der Waals surface area (Å²) >= 11 is 6.09. The molecule has 0 unspecified atom stereocenters. The van der Waals surface area contributed by atoms with E-state index in [1.807, 2.05) is 36.4 Å². The number of halogens is 1. The van der Waals surface area contributed by atoms with Crippen LogP contribution in [0.1, 0.15) is 17.2 Å². The molecule has 8 heteroatoms. The highest BCUT2D eigenvalue weighted by molar-refractivity contribution is 6.35. The van der Waals surface area contributed by atoms with Gasteiger partial charge in [-0.2, -0.15) is 0 Å². The zero-order chi connectivity index (χ0) is 21.3. The van der Waals surface area contributed by atoms with Crippen LogP contribution in [0, 0.1) is 0 Å². The molecule has 1 heterocycles. The number of methoxy groups -OCH3 is 1. The minimum Gasteiger partial charge on any atom is -0.497 e. The molecule has 1 aliphatic heterocycles. The van der Waals surface area contributed by atoms with E-state index in [2.05, 4.69) is 15.5 Å². The molecule has 7 nitrogen and oxygen atoms in total. The lowest BCUT2D eigenvalue weighted by Gasteiger charge is -2.34. The maximum Gasteiger partial charge on any atom is 0.309 e. The summed E-state index contributed by atoms with van der Waals surface area (Å²) in [5, 5.41) is 5.92. The van der Waals surface area contributed by atoms with Gasteiger partial charge in [0.05, 0.1) is 26.4 Å². The summed E-state index contributed by atoms with van der Waals surface area (Å²) in [4.78, 5) is 26.8. The number of amides is 2. The van der Waals surface area contributed by atoms with Gasteiger partial charge in [0.2, 0.25) is 0 Å². The van der Waals surface area contributed by atoms with Crippen molar-refractivity contribution in [2.45, 2.75) is 12.6 Å². The highest BCUT2D eigenvalue weighted by atomic mass is 35.5. The van der Waals surface area contributed by atoms with Crippen molar-refractivity contribution >= 4 is 23.4 Å². The highest BCUT2D eigenvalue weighted by Crippen LogP contribution is 2.23. The fourth-order valence-electron chi connectivity index (χ4n) is 3.34. The minimum atomic E-state index is -0.689. The van der Waals surface area contributed by atoms with E-state index in [1.165, 1.54) is 0 Å². The lowest BCUT2D eigenvalue weighted by atomic mass is 10.0. The van der Waals surface area contributed by atoms with E-state index < -0.39 is 11.8 Å². The molecule has 1 aliphatic rings. The van der Waals surface area contributed by atoms with Gasteiger partial charge in [-0.3, -0.25) is 14.5 Å². The van der Waals surface area contributed by atoms with E-state index in [9.17, 15) is 9.59 Å². The van der Waals surface area contributed by atoms with Crippen molar-refractivity contribution < 1.29 is 19.1 Å². The summed E-state index contributed by atoms with van der Waals surface area (Å²) in [5.41, 5.74) is 1.79. The van der Waals surface area contributed by atoms with Gasteiger partial charge in [-0.1, -0.05) is 41.9 Å². The minimum absolute atomic E-state index is 0.0693. The van der Waals surface area contributed by atoms with Gasteiger partial charge in [0, 0.05) is 31.2 Å². The molecular formula is C22H26ClN3O4. The Hall–Kier alpha value is -2.61. The van der Waals surface area contributed by atoms with Crippen LogP contribution in [0.25, 0.3) is 0 Å². The predicted molar refractivity (Wildman–Crippen MR) is 114 cm³/mol. The van der Waals surface area contributed by atoms with E-state index in [0.29, 0.717) is 24.8 Å². The first-order valence-corrected chi connectivity index (χ1v) is 10.2. The number of benzene rings is 2. The van der Waals surface area contributed by atoms with Gasteiger partial charge in [0.15, 0.2) is 0 Å². The molecule has 1 saturated heterocycles. The molecular weight excluding hydrogens is 406 g/mol. The Kier molecular flexibility index (Phi) is 8.07. The highest BCUT2D eigenvalue weighted by Gasteiger charge is 2.24. The number of hydrogen-bond donors (Lipinski definition) is 2. The Morgan fingerprint density at radius 1 is 1.07 bits per heavy atom. The predicted octanol–water partition coefficient (Wildman–Crippen LogP) is 2.15. The van der Waals surface area contributed by atoms with Crippen LogP contribution >= 0.6 is 11.6 Å². The third kappa shape index (κ3) is 5.95. The van der Waals surface area contributed by atoms with Crippen LogP contribution < -0.4 is 15.4 Å². The quantitative estimate of drug-likeness (QED) is 0.657. The Labute approximate surface area is 181 Å². The number of morpholine rings is 1. The molecule has 160 valence electrons. The normalized spacial score (nSPS) is 15.3. The topological polar surface area (TPSA) is 79.9 Å². The SMILES string of the molecule is COc1ccc([C@H](CNC(=O)C(=O)NCc2ccccc2Cl)N2CCOCC2)cc1. The van der Waals surface area contributed by atoms with Crippen LogP contribution in [0.15, 0.2) is 48.5 Å². The number of hydrogen-bond acceptors (Lipinski definition) is 5. The third-order valence-electron chi connectivity index (χ3n) is 5.05. The zero-order valence-electron chi connectivity index (χ0n) is 16.9. The van der Waals surface area contributed by atoms with Gasteiger partial charge >= 0.3 is 11.8 Å². The van der Waals surface area contributed by atoms with Crippen molar-refractivity contribution in [3.8, 4) is 5.75 Å². The van der Waals surface area contributed by atoms with Crippen LogP contribution in [0.3, 0.4) is 0 Å². The molecule has 2 N–H and O–H groups in total. The average molecular weight is 432 g/mol. The largest absolute Gasteiger partial charge is 0.497 e. The van der Waals surface area contributed by atoms with Gasteiger partial charge in [-0.15, -0.1) is 0 Å². The van der Waals surface area contributed by atoms with E-state index in [-0.39, 0.29) is 12.6 Å². The Morgan fingerprint density at radius 2 is 1.73 bits per heavy atom. The fourth-order valence-corrected chi connectivity index (χ4v) is 3.54. The van der Waals surface area contributed by atoms with Gasteiger partial charge in [0.1, 0.15) is 5.75 Å². The molecule has 1 fully saturated rings. The number of carbonyl (C=O) groups is 2. The standard InChI is InChI=1S/C22H26ClN3O4/c1-29-18-8-6-16(7-9-18)20(26-10-12-30-13-11-26)15-25-22(28)21(27)24-14-17-4-2-3-5-19(17)23/h2-9,20H,10-15H2,1H3,(H,24,27)(H,25,28)/t20-/m0/s1. The Balaban J connectivity index is 1.60. The lowest BCUT2D eigenvalue weighted by Crippen LogP contribution is -2.46. The first-order chi connectivity index (χ1) is 14.6. The van der Waals surface area contributed by atoms with Crippen LogP contribution in [-0.2, 0) is 20.9 Å². The van der Waals surface area contributed by atoms with Gasteiger partial charge < -0.3 is 20.1 Å². The first-order valence-electron chi connectivity index (χ1n) is 9.83. The van der Waals surface area contributed by atoms with Crippen LogP contribution in [0.2, 0.25) is 5.02 Å². The van der Waals surface area contributed by atoms with E-state index in [4.69, 9.17) is 21.1 Å². The van der Waals surface area contributed by atoms with Crippen molar-refractivity contribution in [3.05, 3.63) is 64.7 Å². The summed E-state index contributed by atoms with van der Waals surface area (Å²) in [6.45, 7) is 3.29. The average Bonchev–Trinajstić information content (AvgIpc) is 2.79. The second-order valence-corrected chi connectivity index (χ2v) is 7.33. The van der Waals surface area contributed by atoms with Crippen LogP contribution in [-0.4, -0.2) is 56.7 Å². The number of rotatable bonds is 7. The Bertz CT molecular complexity index is 854. The molecule has 0 aliphatic carbocycles. The smallest absolute Gasteiger partial charge is 0.309 e. The lowest BCUT2D eigenvalue weighted by molar-refractivity contribution is -0.139. The van der Waals surface area contributed by atoms with Crippen molar-refractivity contribution in [3.63, 3.8) is 0 Å². The number of ether oxygens (including phenoxy) is 2. The molecule has 0 radical (unpaired) electrons. The van der Waals surface area contributed by atoms with E-state index in [1.54, 1.807) is 19.2 Å². The van der Waals surface area contributed by atoms with Crippen LogP contribution in [0.5, 0.6) is 5.75 Å². The van der Waals surface area contributed by atoms with Gasteiger partial charge in [-0.25, -0.2) is 0 Å². The Morgan fingerprint density at radius 3 is 2.40 bits per heavy atom.